The third-order valence-corrected chi connectivity index (χ3v) is 3.22. The second-order valence-corrected chi connectivity index (χ2v) is 4.82. The average molecular weight is 286 g/mol. The molecule has 19 heavy (non-hydrogen) atoms. The smallest absolute Gasteiger partial charge is 0.302 e. The number of carbonyl (C=O) groups excluding carboxylic acids is 1. The van der Waals surface area contributed by atoms with E-state index in [2.05, 4.69) is 10.3 Å². The van der Waals surface area contributed by atoms with Gasteiger partial charge in [0.2, 0.25) is 5.91 Å². The average Bonchev–Trinajstić information content (AvgIpc) is 2.76. The van der Waals surface area contributed by atoms with Gasteiger partial charge in [-0.25, -0.2) is 4.98 Å². The number of thiazole rings is 1. The van der Waals surface area contributed by atoms with Gasteiger partial charge in [-0.2, -0.15) is 13.2 Å². The monoisotopic (exact) mass is 286 g/mol. The zero-order valence-corrected chi connectivity index (χ0v) is 10.6. The minimum Gasteiger partial charge on any atom is -0.302 e. The molecule has 1 heterocycles. The first kappa shape index (κ1) is 13.5. The van der Waals surface area contributed by atoms with Gasteiger partial charge in [-0.05, 0) is 17.7 Å². The van der Waals surface area contributed by atoms with Gasteiger partial charge in [-0.15, -0.1) is 0 Å². The van der Waals surface area contributed by atoms with Crippen molar-refractivity contribution in [1.29, 1.82) is 0 Å². The zero-order valence-electron chi connectivity index (χ0n) is 9.78. The molecule has 1 amide bonds. The summed E-state index contributed by atoms with van der Waals surface area (Å²) >= 11 is 1.12. The number of anilines is 1. The van der Waals surface area contributed by atoms with Crippen LogP contribution >= 0.6 is 11.3 Å². The molecule has 0 aliphatic carbocycles. The molecular weight excluding hydrogens is 277 g/mol. The number of amides is 1. The zero-order chi connectivity index (χ0) is 14.0. The topological polar surface area (TPSA) is 42.0 Å². The SMILES string of the molecule is CC(=O)Nc1ncc(-c2cccc(C(F)(F)F)c2)s1. The fourth-order valence-electron chi connectivity index (χ4n) is 1.46. The normalized spacial score (nSPS) is 11.4. The lowest BCUT2D eigenvalue weighted by atomic mass is 10.1. The van der Waals surface area contributed by atoms with E-state index in [0.29, 0.717) is 15.6 Å². The van der Waals surface area contributed by atoms with Gasteiger partial charge in [0.15, 0.2) is 5.13 Å². The molecule has 100 valence electrons. The Kier molecular flexibility index (Phi) is 3.57. The standard InChI is InChI=1S/C12H9F3N2OS/c1-7(18)17-11-16-6-10(19-11)8-3-2-4-9(5-8)12(13,14)15/h2-6H,1H3,(H,16,17,18). The molecule has 0 fully saturated rings. The van der Waals surface area contributed by atoms with Crippen molar-refractivity contribution in [3.63, 3.8) is 0 Å². The van der Waals surface area contributed by atoms with Crippen LogP contribution in [-0.2, 0) is 11.0 Å². The number of rotatable bonds is 2. The number of alkyl halides is 3. The van der Waals surface area contributed by atoms with Crippen molar-refractivity contribution >= 4 is 22.4 Å². The molecular formula is C12H9F3N2OS. The second-order valence-electron chi connectivity index (χ2n) is 3.79. The van der Waals surface area contributed by atoms with E-state index in [1.165, 1.54) is 19.2 Å². The number of halogens is 3. The predicted octanol–water partition coefficient (Wildman–Crippen LogP) is 3.79. The molecule has 0 radical (unpaired) electrons. The van der Waals surface area contributed by atoms with Gasteiger partial charge in [0.05, 0.1) is 10.4 Å². The van der Waals surface area contributed by atoms with E-state index in [4.69, 9.17) is 0 Å². The Morgan fingerprint density at radius 1 is 1.37 bits per heavy atom. The van der Waals surface area contributed by atoms with E-state index in [0.717, 1.165) is 23.5 Å². The second kappa shape index (κ2) is 5.00. The molecule has 0 unspecified atom stereocenters. The lowest BCUT2D eigenvalue weighted by Crippen LogP contribution is -2.04. The van der Waals surface area contributed by atoms with Crippen LogP contribution in [0.2, 0.25) is 0 Å². The molecule has 0 aliphatic rings. The third kappa shape index (κ3) is 3.31. The van der Waals surface area contributed by atoms with Crippen LogP contribution in [0.1, 0.15) is 12.5 Å². The van der Waals surface area contributed by atoms with Crippen LogP contribution in [0.5, 0.6) is 0 Å². The fraction of sp³-hybridized carbons (Fsp3) is 0.167. The molecule has 0 bridgehead atoms. The molecule has 0 atom stereocenters. The lowest BCUT2D eigenvalue weighted by molar-refractivity contribution is -0.137. The minimum atomic E-state index is -4.37. The number of aromatic nitrogens is 1. The first-order valence-electron chi connectivity index (χ1n) is 5.27. The van der Waals surface area contributed by atoms with Gasteiger partial charge in [0.25, 0.3) is 0 Å². The van der Waals surface area contributed by atoms with Gasteiger partial charge < -0.3 is 5.32 Å². The van der Waals surface area contributed by atoms with Crippen LogP contribution in [0, 0.1) is 0 Å². The van der Waals surface area contributed by atoms with E-state index in [1.54, 1.807) is 6.07 Å². The van der Waals surface area contributed by atoms with Crippen LogP contribution < -0.4 is 5.32 Å². The number of hydrogen-bond acceptors (Lipinski definition) is 3. The summed E-state index contributed by atoms with van der Waals surface area (Å²) in [6.07, 6.45) is -2.94. The van der Waals surface area contributed by atoms with Crippen LogP contribution in [0.4, 0.5) is 18.3 Å². The number of hydrogen-bond donors (Lipinski definition) is 1. The van der Waals surface area contributed by atoms with Crippen LogP contribution in [0.15, 0.2) is 30.5 Å². The number of benzene rings is 1. The van der Waals surface area contributed by atoms with Crippen LogP contribution in [0.3, 0.4) is 0 Å². The predicted molar refractivity (Wildman–Crippen MR) is 66.9 cm³/mol. The summed E-state index contributed by atoms with van der Waals surface area (Å²) in [5.41, 5.74) is -0.289. The molecule has 0 spiro atoms. The summed E-state index contributed by atoms with van der Waals surface area (Å²) < 4.78 is 37.8. The lowest BCUT2D eigenvalue weighted by Gasteiger charge is -2.07. The maximum Gasteiger partial charge on any atom is 0.416 e. The van der Waals surface area contributed by atoms with Crippen molar-refractivity contribution in [2.24, 2.45) is 0 Å². The van der Waals surface area contributed by atoms with Gasteiger partial charge in [0.1, 0.15) is 0 Å². The largest absolute Gasteiger partial charge is 0.416 e. The minimum absolute atomic E-state index is 0.273. The van der Waals surface area contributed by atoms with Gasteiger partial charge >= 0.3 is 6.18 Å². The molecule has 7 heteroatoms. The van der Waals surface area contributed by atoms with Gasteiger partial charge in [0, 0.05) is 13.1 Å². The molecule has 0 saturated heterocycles. The number of nitrogens with one attached hydrogen (secondary N) is 1. The Bertz CT molecular complexity index is 607. The molecule has 0 saturated carbocycles. The summed E-state index contributed by atoms with van der Waals surface area (Å²) in [4.78, 5) is 15.3. The number of nitrogens with zero attached hydrogens (tertiary/aromatic N) is 1. The molecule has 0 aliphatic heterocycles. The van der Waals surface area contributed by atoms with Crippen LogP contribution in [0.25, 0.3) is 10.4 Å². The van der Waals surface area contributed by atoms with E-state index in [-0.39, 0.29) is 5.91 Å². The highest BCUT2D eigenvalue weighted by Crippen LogP contribution is 2.34. The highest BCUT2D eigenvalue weighted by Gasteiger charge is 2.30. The van der Waals surface area contributed by atoms with E-state index >= 15 is 0 Å². The highest BCUT2D eigenvalue weighted by molar-refractivity contribution is 7.19. The molecule has 3 nitrogen and oxygen atoms in total. The van der Waals surface area contributed by atoms with Crippen molar-refractivity contribution < 1.29 is 18.0 Å². The van der Waals surface area contributed by atoms with Crippen molar-refractivity contribution in [1.82, 2.24) is 4.98 Å². The molecule has 2 rings (SSSR count). The molecule has 2 aromatic rings. The Morgan fingerprint density at radius 2 is 2.11 bits per heavy atom. The maximum atomic E-state index is 12.6. The third-order valence-electron chi connectivity index (χ3n) is 2.26. The summed E-state index contributed by atoms with van der Waals surface area (Å²) in [6.45, 7) is 1.34. The summed E-state index contributed by atoms with van der Waals surface area (Å²) in [6, 6.07) is 4.99. The van der Waals surface area contributed by atoms with E-state index < -0.39 is 11.7 Å². The van der Waals surface area contributed by atoms with Gasteiger partial charge in [-0.1, -0.05) is 23.5 Å². The maximum absolute atomic E-state index is 12.6. The van der Waals surface area contributed by atoms with E-state index in [9.17, 15) is 18.0 Å². The Hall–Kier alpha value is -1.89. The Labute approximate surface area is 111 Å². The van der Waals surface area contributed by atoms with Crippen molar-refractivity contribution in [3.05, 3.63) is 36.0 Å². The highest BCUT2D eigenvalue weighted by atomic mass is 32.1. The van der Waals surface area contributed by atoms with Gasteiger partial charge in [-0.3, -0.25) is 4.79 Å². The first-order chi connectivity index (χ1) is 8.86. The summed E-state index contributed by atoms with van der Waals surface area (Å²) in [7, 11) is 0. The molecule has 1 N–H and O–H groups in total. The van der Waals surface area contributed by atoms with Crippen molar-refractivity contribution in [3.8, 4) is 10.4 Å². The van der Waals surface area contributed by atoms with Crippen LogP contribution in [-0.4, -0.2) is 10.9 Å². The molecule has 1 aromatic heterocycles. The molecule has 1 aromatic carbocycles. The Balaban J connectivity index is 2.32. The summed E-state index contributed by atoms with van der Waals surface area (Å²) in [5, 5.41) is 2.85. The fourth-order valence-corrected chi connectivity index (χ4v) is 2.32. The summed E-state index contributed by atoms with van der Waals surface area (Å²) in [5.74, 6) is -0.273. The van der Waals surface area contributed by atoms with E-state index in [1.807, 2.05) is 0 Å². The van der Waals surface area contributed by atoms with Crippen molar-refractivity contribution in [2.75, 3.05) is 5.32 Å². The Morgan fingerprint density at radius 3 is 2.74 bits per heavy atom. The quantitative estimate of drug-likeness (QED) is 0.912. The first-order valence-corrected chi connectivity index (χ1v) is 6.09. The van der Waals surface area contributed by atoms with Crippen molar-refractivity contribution in [2.45, 2.75) is 13.1 Å². The number of carbonyl (C=O) groups is 1.